The van der Waals surface area contributed by atoms with E-state index in [1.54, 1.807) is 0 Å². The first-order valence-electron chi connectivity index (χ1n) is 7.34. The van der Waals surface area contributed by atoms with Crippen LogP contribution >= 0.6 is 0 Å². The Morgan fingerprint density at radius 3 is 2.68 bits per heavy atom. The fourth-order valence-electron chi connectivity index (χ4n) is 2.15. The van der Waals surface area contributed by atoms with Gasteiger partial charge in [-0.25, -0.2) is 0 Å². The van der Waals surface area contributed by atoms with E-state index < -0.39 is 0 Å². The molecular formula is C15H27N3O. The lowest BCUT2D eigenvalue weighted by atomic mass is 10.3. The molecule has 1 aromatic heterocycles. The first-order valence-corrected chi connectivity index (χ1v) is 7.34. The van der Waals surface area contributed by atoms with Gasteiger partial charge < -0.3 is 14.8 Å². The van der Waals surface area contributed by atoms with Crippen LogP contribution in [0.1, 0.15) is 39.2 Å². The van der Waals surface area contributed by atoms with Crippen molar-refractivity contribution in [3.05, 3.63) is 24.0 Å². The molecule has 0 unspecified atom stereocenters. The zero-order valence-corrected chi connectivity index (χ0v) is 12.5. The van der Waals surface area contributed by atoms with Crippen LogP contribution in [0.2, 0.25) is 0 Å². The Bertz CT molecular complexity index is 369. The predicted octanol–water partition coefficient (Wildman–Crippen LogP) is 2.25. The molecule has 108 valence electrons. The van der Waals surface area contributed by atoms with E-state index in [2.05, 4.69) is 35.3 Å². The number of aryl methyl sites for hydroxylation is 1. The second-order valence-electron chi connectivity index (χ2n) is 4.75. The Balaban J connectivity index is 2.21. The van der Waals surface area contributed by atoms with E-state index in [0.29, 0.717) is 6.42 Å². The first-order chi connectivity index (χ1) is 9.21. The molecule has 0 aromatic carbocycles. The Labute approximate surface area is 116 Å². The highest BCUT2D eigenvalue weighted by molar-refractivity contribution is 5.76. The molecule has 4 heteroatoms. The normalized spacial score (nSPS) is 10.7. The monoisotopic (exact) mass is 265 g/mol. The summed E-state index contributed by atoms with van der Waals surface area (Å²) in [6, 6.07) is 2.13. The summed E-state index contributed by atoms with van der Waals surface area (Å²) in [5, 5.41) is 3.33. The van der Waals surface area contributed by atoms with Crippen molar-refractivity contribution in [3.8, 4) is 0 Å². The number of amides is 1. The number of carbonyl (C=O) groups is 1. The zero-order valence-electron chi connectivity index (χ0n) is 12.5. The van der Waals surface area contributed by atoms with Crippen molar-refractivity contribution in [2.75, 3.05) is 19.6 Å². The minimum Gasteiger partial charge on any atom is -0.354 e. The van der Waals surface area contributed by atoms with E-state index in [-0.39, 0.29) is 5.91 Å². The maximum Gasteiger partial charge on any atom is 0.223 e. The van der Waals surface area contributed by atoms with E-state index in [4.69, 9.17) is 0 Å². The minimum atomic E-state index is 0.237. The summed E-state index contributed by atoms with van der Waals surface area (Å²) in [6.07, 6.45) is 6.02. The standard InChI is InChI=1S/C15H27N3O/c1-4-10-17-11-8-14(13-17)12-16-9-7-15(19)18(5-2)6-3/h8,11,13,16H,4-7,9-10,12H2,1-3H3. The van der Waals surface area contributed by atoms with Crippen molar-refractivity contribution < 1.29 is 4.79 Å². The van der Waals surface area contributed by atoms with Gasteiger partial charge in [-0.3, -0.25) is 4.79 Å². The summed E-state index contributed by atoms with van der Waals surface area (Å²) in [5.41, 5.74) is 1.28. The fraction of sp³-hybridized carbons (Fsp3) is 0.667. The van der Waals surface area contributed by atoms with Gasteiger partial charge in [0.05, 0.1) is 0 Å². The molecular weight excluding hydrogens is 238 g/mol. The lowest BCUT2D eigenvalue weighted by molar-refractivity contribution is -0.130. The minimum absolute atomic E-state index is 0.237. The lowest BCUT2D eigenvalue weighted by Gasteiger charge is -2.18. The molecule has 0 bridgehead atoms. The third-order valence-corrected chi connectivity index (χ3v) is 3.25. The molecule has 0 saturated carbocycles. The quantitative estimate of drug-likeness (QED) is 0.695. The van der Waals surface area contributed by atoms with E-state index in [1.807, 2.05) is 18.7 Å². The second kappa shape index (κ2) is 8.75. The van der Waals surface area contributed by atoms with Gasteiger partial charge in [-0.1, -0.05) is 6.92 Å². The number of hydrogen-bond acceptors (Lipinski definition) is 2. The van der Waals surface area contributed by atoms with Gasteiger partial charge >= 0.3 is 0 Å². The largest absolute Gasteiger partial charge is 0.354 e. The molecule has 0 fully saturated rings. The van der Waals surface area contributed by atoms with Crippen molar-refractivity contribution in [3.63, 3.8) is 0 Å². The number of rotatable bonds is 9. The van der Waals surface area contributed by atoms with Crippen molar-refractivity contribution in [2.45, 2.75) is 46.7 Å². The SMILES string of the molecule is CCCn1ccc(CNCCC(=O)N(CC)CC)c1. The molecule has 0 spiro atoms. The molecule has 0 saturated heterocycles. The van der Waals surface area contributed by atoms with Gasteiger partial charge in [0.1, 0.15) is 0 Å². The molecule has 0 atom stereocenters. The van der Waals surface area contributed by atoms with Gasteiger partial charge in [-0.2, -0.15) is 0 Å². The summed E-state index contributed by atoms with van der Waals surface area (Å²) in [7, 11) is 0. The van der Waals surface area contributed by atoms with Crippen LogP contribution in [0.25, 0.3) is 0 Å². The summed E-state index contributed by atoms with van der Waals surface area (Å²) in [4.78, 5) is 13.7. The first kappa shape index (κ1) is 15.8. The lowest BCUT2D eigenvalue weighted by Crippen LogP contribution is -2.32. The molecule has 1 N–H and O–H groups in total. The predicted molar refractivity (Wildman–Crippen MR) is 79.0 cm³/mol. The molecule has 19 heavy (non-hydrogen) atoms. The molecule has 1 rings (SSSR count). The highest BCUT2D eigenvalue weighted by Gasteiger charge is 2.08. The molecule has 4 nitrogen and oxygen atoms in total. The zero-order chi connectivity index (χ0) is 14.1. The Kier molecular flexibility index (Phi) is 7.26. The van der Waals surface area contributed by atoms with E-state index in [0.717, 1.165) is 39.1 Å². The van der Waals surface area contributed by atoms with E-state index in [1.165, 1.54) is 5.56 Å². The van der Waals surface area contributed by atoms with Gasteiger partial charge in [0.25, 0.3) is 0 Å². The maximum absolute atomic E-state index is 11.8. The summed E-state index contributed by atoms with van der Waals surface area (Å²) >= 11 is 0. The van der Waals surface area contributed by atoms with Crippen molar-refractivity contribution in [1.82, 2.24) is 14.8 Å². The molecule has 1 heterocycles. The fourth-order valence-corrected chi connectivity index (χ4v) is 2.15. The summed E-state index contributed by atoms with van der Waals surface area (Å²) < 4.78 is 2.21. The van der Waals surface area contributed by atoms with Gasteiger partial charge in [-0.05, 0) is 31.9 Å². The number of nitrogens with one attached hydrogen (secondary N) is 1. The maximum atomic E-state index is 11.8. The number of nitrogens with zero attached hydrogens (tertiary/aromatic N) is 2. The Hall–Kier alpha value is -1.29. The van der Waals surface area contributed by atoms with Crippen molar-refractivity contribution in [1.29, 1.82) is 0 Å². The highest BCUT2D eigenvalue weighted by Crippen LogP contribution is 2.02. The van der Waals surface area contributed by atoms with Crippen molar-refractivity contribution in [2.24, 2.45) is 0 Å². The third-order valence-electron chi connectivity index (χ3n) is 3.25. The van der Waals surface area contributed by atoms with E-state index >= 15 is 0 Å². The van der Waals surface area contributed by atoms with Crippen LogP contribution in [0, 0.1) is 0 Å². The molecule has 0 radical (unpaired) electrons. The Morgan fingerprint density at radius 1 is 1.32 bits per heavy atom. The van der Waals surface area contributed by atoms with Gasteiger partial charge in [-0.15, -0.1) is 0 Å². The number of aromatic nitrogens is 1. The summed E-state index contributed by atoms with van der Waals surface area (Å²) in [6.45, 7) is 10.5. The van der Waals surface area contributed by atoms with Crippen LogP contribution in [0.4, 0.5) is 0 Å². The average molecular weight is 265 g/mol. The van der Waals surface area contributed by atoms with E-state index in [9.17, 15) is 4.79 Å². The molecule has 1 aromatic rings. The Morgan fingerprint density at radius 2 is 2.05 bits per heavy atom. The van der Waals surface area contributed by atoms with Crippen molar-refractivity contribution >= 4 is 5.91 Å². The highest BCUT2D eigenvalue weighted by atomic mass is 16.2. The van der Waals surface area contributed by atoms with Gasteiger partial charge in [0, 0.05) is 51.5 Å². The average Bonchev–Trinajstić information content (AvgIpc) is 2.84. The van der Waals surface area contributed by atoms with Crippen LogP contribution in [0.5, 0.6) is 0 Å². The van der Waals surface area contributed by atoms with Crippen LogP contribution in [0.3, 0.4) is 0 Å². The second-order valence-corrected chi connectivity index (χ2v) is 4.75. The molecule has 0 aliphatic carbocycles. The smallest absolute Gasteiger partial charge is 0.223 e. The van der Waals surface area contributed by atoms with Crippen LogP contribution < -0.4 is 5.32 Å². The van der Waals surface area contributed by atoms with Crippen LogP contribution in [-0.4, -0.2) is 35.0 Å². The molecule has 1 amide bonds. The summed E-state index contributed by atoms with van der Waals surface area (Å²) in [5.74, 6) is 0.237. The van der Waals surface area contributed by atoms with Gasteiger partial charge in [0.15, 0.2) is 0 Å². The molecule has 0 aliphatic rings. The van der Waals surface area contributed by atoms with Crippen LogP contribution in [-0.2, 0) is 17.9 Å². The van der Waals surface area contributed by atoms with Gasteiger partial charge in [0.2, 0.25) is 5.91 Å². The third kappa shape index (κ3) is 5.47. The number of carbonyl (C=O) groups excluding carboxylic acids is 1. The topological polar surface area (TPSA) is 37.3 Å². The van der Waals surface area contributed by atoms with Crippen LogP contribution in [0.15, 0.2) is 18.5 Å². The number of hydrogen-bond donors (Lipinski definition) is 1. The molecule has 0 aliphatic heterocycles.